The van der Waals surface area contributed by atoms with Crippen LogP contribution < -0.4 is 5.32 Å². The minimum absolute atomic E-state index is 0.503. The minimum atomic E-state index is 0.503. The quantitative estimate of drug-likeness (QED) is 0.639. The average molecular weight is 275 g/mol. The van der Waals surface area contributed by atoms with Gasteiger partial charge in [-0.3, -0.25) is 0 Å². The van der Waals surface area contributed by atoms with E-state index < -0.39 is 0 Å². The van der Waals surface area contributed by atoms with E-state index in [4.69, 9.17) is 0 Å². The maximum absolute atomic E-state index is 3.55. The van der Waals surface area contributed by atoms with Crippen molar-refractivity contribution in [1.82, 2.24) is 5.32 Å². The third kappa shape index (κ3) is 5.28. The van der Waals surface area contributed by atoms with Crippen LogP contribution in [-0.2, 0) is 6.42 Å². The van der Waals surface area contributed by atoms with E-state index in [2.05, 4.69) is 64.3 Å². The molecule has 1 rings (SSSR count). The number of hydrogen-bond donors (Lipinski definition) is 1. The molecule has 0 saturated heterocycles. The summed E-state index contributed by atoms with van der Waals surface area (Å²) in [5, 5.41) is 3.55. The van der Waals surface area contributed by atoms with Crippen LogP contribution in [0.4, 0.5) is 0 Å². The lowest BCUT2D eigenvalue weighted by molar-refractivity contribution is 0.331. The van der Waals surface area contributed by atoms with Crippen LogP contribution in [0.5, 0.6) is 0 Å². The summed E-state index contributed by atoms with van der Waals surface area (Å²) in [5.41, 5.74) is 2.91. The summed E-state index contributed by atoms with van der Waals surface area (Å²) in [6.45, 7) is 9.15. The molecule has 0 spiro atoms. The Kier molecular flexibility index (Phi) is 7.91. The van der Waals surface area contributed by atoms with Crippen LogP contribution in [0, 0.1) is 11.8 Å². The molecule has 0 aliphatic rings. The molecule has 114 valence electrons. The van der Waals surface area contributed by atoms with E-state index in [1.165, 1.54) is 43.2 Å². The Hall–Kier alpha value is -0.820. The highest BCUT2D eigenvalue weighted by Crippen LogP contribution is 2.29. The van der Waals surface area contributed by atoms with E-state index in [0.29, 0.717) is 6.04 Å². The van der Waals surface area contributed by atoms with Gasteiger partial charge in [0.15, 0.2) is 0 Å². The van der Waals surface area contributed by atoms with E-state index in [-0.39, 0.29) is 0 Å². The molecule has 0 aliphatic heterocycles. The number of rotatable bonds is 9. The lowest BCUT2D eigenvalue weighted by Crippen LogP contribution is -2.25. The molecule has 1 atom stereocenters. The molecule has 20 heavy (non-hydrogen) atoms. The maximum Gasteiger partial charge on any atom is 0.0346 e. The summed E-state index contributed by atoms with van der Waals surface area (Å²) in [5.74, 6) is 1.49. The molecule has 1 aromatic rings. The van der Waals surface area contributed by atoms with E-state index in [0.717, 1.165) is 11.8 Å². The molecular formula is C19H33N. The zero-order valence-corrected chi connectivity index (χ0v) is 14.1. The summed E-state index contributed by atoms with van der Waals surface area (Å²) in [6, 6.07) is 9.79. The molecule has 0 bridgehead atoms. The van der Waals surface area contributed by atoms with Crippen LogP contribution in [-0.4, -0.2) is 7.05 Å². The lowest BCUT2D eigenvalue weighted by Gasteiger charge is -2.27. The molecule has 0 saturated carbocycles. The second-order valence-corrected chi connectivity index (χ2v) is 6.44. The van der Waals surface area contributed by atoms with Gasteiger partial charge in [0.25, 0.3) is 0 Å². The molecule has 0 fully saturated rings. The van der Waals surface area contributed by atoms with Crippen molar-refractivity contribution in [2.75, 3.05) is 7.05 Å². The number of benzene rings is 1. The van der Waals surface area contributed by atoms with Crippen molar-refractivity contribution in [2.45, 2.75) is 65.8 Å². The zero-order chi connectivity index (χ0) is 15.0. The molecule has 1 nitrogen and oxygen atoms in total. The van der Waals surface area contributed by atoms with Crippen molar-refractivity contribution in [3.05, 3.63) is 35.4 Å². The smallest absolute Gasteiger partial charge is 0.0346 e. The van der Waals surface area contributed by atoms with Gasteiger partial charge in [-0.1, -0.05) is 64.8 Å². The second-order valence-electron chi connectivity index (χ2n) is 6.44. The maximum atomic E-state index is 3.55. The van der Waals surface area contributed by atoms with Gasteiger partial charge in [-0.15, -0.1) is 0 Å². The first kappa shape index (κ1) is 17.2. The number of hydrogen-bond acceptors (Lipinski definition) is 1. The van der Waals surface area contributed by atoms with Crippen molar-refractivity contribution in [3.8, 4) is 0 Å². The van der Waals surface area contributed by atoms with Crippen LogP contribution in [0.2, 0.25) is 0 Å². The van der Waals surface area contributed by atoms with Crippen molar-refractivity contribution in [3.63, 3.8) is 0 Å². The molecule has 1 aromatic carbocycles. The first-order valence-corrected chi connectivity index (χ1v) is 8.38. The number of nitrogens with one attached hydrogen (secondary N) is 1. The Bertz CT molecular complexity index is 347. The molecule has 1 unspecified atom stereocenters. The van der Waals surface area contributed by atoms with Gasteiger partial charge in [0.1, 0.15) is 0 Å². The Balaban J connectivity index is 2.82. The third-order valence-electron chi connectivity index (χ3n) is 4.08. The zero-order valence-electron chi connectivity index (χ0n) is 14.1. The molecular weight excluding hydrogens is 242 g/mol. The third-order valence-corrected chi connectivity index (χ3v) is 4.08. The fourth-order valence-corrected chi connectivity index (χ4v) is 3.23. The van der Waals surface area contributed by atoms with E-state index in [1.807, 2.05) is 0 Å². The fraction of sp³-hybridized carbons (Fsp3) is 0.684. The summed E-state index contributed by atoms with van der Waals surface area (Å²) in [4.78, 5) is 0. The van der Waals surface area contributed by atoms with Gasteiger partial charge in [-0.25, -0.2) is 0 Å². The highest BCUT2D eigenvalue weighted by molar-refractivity contribution is 5.26. The summed E-state index contributed by atoms with van der Waals surface area (Å²) < 4.78 is 0. The van der Waals surface area contributed by atoms with Gasteiger partial charge in [0.05, 0.1) is 0 Å². The predicted molar refractivity (Wildman–Crippen MR) is 90.1 cm³/mol. The monoisotopic (exact) mass is 275 g/mol. The van der Waals surface area contributed by atoms with E-state index >= 15 is 0 Å². The van der Waals surface area contributed by atoms with Gasteiger partial charge >= 0.3 is 0 Å². The highest BCUT2D eigenvalue weighted by atomic mass is 14.9. The largest absolute Gasteiger partial charge is 0.313 e. The van der Waals surface area contributed by atoms with Crippen LogP contribution in [0.25, 0.3) is 0 Å². The highest BCUT2D eigenvalue weighted by Gasteiger charge is 2.20. The van der Waals surface area contributed by atoms with Gasteiger partial charge < -0.3 is 5.32 Å². The first-order valence-electron chi connectivity index (χ1n) is 8.38. The van der Waals surface area contributed by atoms with Crippen LogP contribution in [0.3, 0.4) is 0 Å². The van der Waals surface area contributed by atoms with Crippen LogP contribution in [0.1, 0.15) is 70.5 Å². The molecule has 1 N–H and O–H groups in total. The SMILES string of the molecule is CCCC(CCC)C(NC)c1ccc(CC(C)C)cc1. The standard InChI is InChI=1S/C19H33N/c1-6-8-17(9-7-2)19(20-5)18-12-10-16(11-13-18)14-15(3)4/h10-13,15,17,19-20H,6-9,14H2,1-5H3. The van der Waals surface area contributed by atoms with Crippen molar-refractivity contribution < 1.29 is 0 Å². The van der Waals surface area contributed by atoms with Crippen molar-refractivity contribution in [2.24, 2.45) is 11.8 Å². The van der Waals surface area contributed by atoms with Gasteiger partial charge in [-0.2, -0.15) is 0 Å². The van der Waals surface area contributed by atoms with Crippen molar-refractivity contribution >= 4 is 0 Å². The molecule has 0 heterocycles. The average Bonchev–Trinajstić information content (AvgIpc) is 2.41. The predicted octanol–water partition coefficient (Wildman–Crippen LogP) is 5.36. The normalized spacial score (nSPS) is 13.2. The van der Waals surface area contributed by atoms with Gasteiger partial charge in [-0.05, 0) is 49.3 Å². The van der Waals surface area contributed by atoms with Crippen LogP contribution >= 0.6 is 0 Å². The first-order chi connectivity index (χ1) is 9.62. The molecule has 0 aliphatic carbocycles. The van der Waals surface area contributed by atoms with Crippen LogP contribution in [0.15, 0.2) is 24.3 Å². The van der Waals surface area contributed by atoms with E-state index in [1.54, 1.807) is 0 Å². The van der Waals surface area contributed by atoms with Gasteiger partial charge in [0, 0.05) is 6.04 Å². The summed E-state index contributed by atoms with van der Waals surface area (Å²) >= 11 is 0. The van der Waals surface area contributed by atoms with Gasteiger partial charge in [0.2, 0.25) is 0 Å². The topological polar surface area (TPSA) is 12.0 Å². The van der Waals surface area contributed by atoms with Crippen molar-refractivity contribution in [1.29, 1.82) is 0 Å². The lowest BCUT2D eigenvalue weighted by atomic mass is 9.85. The molecule has 0 radical (unpaired) electrons. The summed E-state index contributed by atoms with van der Waals surface area (Å²) in [7, 11) is 2.10. The van der Waals surface area contributed by atoms with E-state index in [9.17, 15) is 0 Å². The summed E-state index contributed by atoms with van der Waals surface area (Å²) in [6.07, 6.45) is 6.35. The minimum Gasteiger partial charge on any atom is -0.313 e. The Morgan fingerprint density at radius 1 is 0.950 bits per heavy atom. The molecule has 0 amide bonds. The Morgan fingerprint density at radius 2 is 1.50 bits per heavy atom. The fourth-order valence-electron chi connectivity index (χ4n) is 3.23. The Morgan fingerprint density at radius 3 is 1.90 bits per heavy atom. The Labute approximate surface area is 126 Å². The second kappa shape index (κ2) is 9.18. The molecule has 1 heteroatoms. The molecule has 0 aromatic heterocycles.